The van der Waals surface area contributed by atoms with Crippen LogP contribution in [0.15, 0.2) is 30.3 Å². The summed E-state index contributed by atoms with van der Waals surface area (Å²) in [6, 6.07) is 10.5. The third-order valence-corrected chi connectivity index (χ3v) is 5.79. The van der Waals surface area contributed by atoms with Crippen molar-refractivity contribution in [3.63, 3.8) is 0 Å². The molecule has 1 aromatic rings. The first-order chi connectivity index (χ1) is 6.86. The molecular formula is C12H16Cl2S. The molecule has 1 heterocycles. The van der Waals surface area contributed by atoms with Crippen LogP contribution in [0.25, 0.3) is 0 Å². The summed E-state index contributed by atoms with van der Waals surface area (Å²) >= 11 is 6.39. The Morgan fingerprint density at radius 2 is 1.73 bits per heavy atom. The predicted octanol–water partition coefficient (Wildman–Crippen LogP) is 0.383. The van der Waals surface area contributed by atoms with E-state index in [4.69, 9.17) is 11.6 Å². The van der Waals surface area contributed by atoms with Crippen molar-refractivity contribution in [2.75, 3.05) is 17.3 Å². The fourth-order valence-corrected chi connectivity index (χ4v) is 4.89. The largest absolute Gasteiger partial charge is 1.00 e. The summed E-state index contributed by atoms with van der Waals surface area (Å²) in [7, 11) is 0.610. The van der Waals surface area contributed by atoms with E-state index in [1.165, 1.54) is 35.7 Å². The van der Waals surface area contributed by atoms with Gasteiger partial charge in [0.15, 0.2) is 0 Å². The Hall–Kier alpha value is 0.150. The molecule has 84 valence electrons. The fraction of sp³-hybridized carbons (Fsp3) is 0.500. The third kappa shape index (κ3) is 3.90. The van der Waals surface area contributed by atoms with Crippen LogP contribution in [0.4, 0.5) is 0 Å². The van der Waals surface area contributed by atoms with E-state index >= 15 is 0 Å². The average molecular weight is 263 g/mol. The maximum absolute atomic E-state index is 6.39. The fourth-order valence-electron chi connectivity index (χ4n) is 1.85. The molecule has 1 aromatic carbocycles. The minimum Gasteiger partial charge on any atom is -1.00 e. The zero-order valence-electron chi connectivity index (χ0n) is 8.66. The van der Waals surface area contributed by atoms with Crippen LogP contribution in [-0.4, -0.2) is 17.3 Å². The van der Waals surface area contributed by atoms with Gasteiger partial charge in [-0.2, -0.15) is 0 Å². The molecule has 1 aliphatic heterocycles. The quantitative estimate of drug-likeness (QED) is 0.546. The first kappa shape index (κ1) is 13.2. The van der Waals surface area contributed by atoms with E-state index in [1.807, 2.05) is 6.07 Å². The number of benzene rings is 1. The zero-order valence-corrected chi connectivity index (χ0v) is 11.0. The van der Waals surface area contributed by atoms with E-state index in [2.05, 4.69) is 24.3 Å². The van der Waals surface area contributed by atoms with Crippen molar-refractivity contribution in [1.29, 1.82) is 0 Å². The maximum Gasteiger partial charge on any atom is 0.128 e. The molecule has 0 nitrogen and oxygen atoms in total. The van der Waals surface area contributed by atoms with Gasteiger partial charge >= 0.3 is 0 Å². The second kappa shape index (κ2) is 6.67. The highest BCUT2D eigenvalue weighted by Crippen LogP contribution is 2.26. The maximum atomic E-state index is 6.39. The van der Waals surface area contributed by atoms with Crippen LogP contribution in [0.2, 0.25) is 0 Å². The molecule has 0 bridgehead atoms. The van der Waals surface area contributed by atoms with E-state index in [-0.39, 0.29) is 17.8 Å². The Bertz CT molecular complexity index is 270. The number of hydrogen-bond donors (Lipinski definition) is 0. The van der Waals surface area contributed by atoms with Crippen molar-refractivity contribution >= 4 is 22.5 Å². The molecule has 15 heavy (non-hydrogen) atoms. The van der Waals surface area contributed by atoms with Gasteiger partial charge in [-0.15, -0.1) is 11.6 Å². The van der Waals surface area contributed by atoms with Crippen LogP contribution in [0.1, 0.15) is 23.8 Å². The van der Waals surface area contributed by atoms with Gasteiger partial charge in [0.2, 0.25) is 0 Å². The molecule has 2 rings (SSSR count). The highest BCUT2D eigenvalue weighted by atomic mass is 35.5. The highest BCUT2D eigenvalue weighted by molar-refractivity contribution is 7.97. The van der Waals surface area contributed by atoms with Gasteiger partial charge in [0.1, 0.15) is 22.6 Å². The minimum atomic E-state index is 0. The molecule has 0 aromatic heterocycles. The highest BCUT2D eigenvalue weighted by Gasteiger charge is 2.27. The lowest BCUT2D eigenvalue weighted by Crippen LogP contribution is -3.00. The number of hydrogen-bond acceptors (Lipinski definition) is 0. The minimum absolute atomic E-state index is 0. The summed E-state index contributed by atoms with van der Waals surface area (Å²) in [5.41, 5.74) is 1.29. The number of rotatable bonds is 3. The van der Waals surface area contributed by atoms with Crippen LogP contribution in [0, 0.1) is 0 Å². The van der Waals surface area contributed by atoms with E-state index in [1.54, 1.807) is 0 Å². The molecule has 0 saturated carbocycles. The SMILES string of the molecule is ClC(C[S+]1CCCC1)c1ccccc1.[Cl-]. The van der Waals surface area contributed by atoms with Crippen molar-refractivity contribution in [2.24, 2.45) is 0 Å². The molecular weight excluding hydrogens is 247 g/mol. The van der Waals surface area contributed by atoms with Crippen LogP contribution >= 0.6 is 11.6 Å². The van der Waals surface area contributed by atoms with E-state index in [0.717, 1.165) is 0 Å². The van der Waals surface area contributed by atoms with Gasteiger partial charge in [-0.3, -0.25) is 0 Å². The molecule has 1 aliphatic rings. The molecule has 0 radical (unpaired) electrons. The zero-order chi connectivity index (χ0) is 9.80. The lowest BCUT2D eigenvalue weighted by Gasteiger charge is -2.08. The molecule has 1 unspecified atom stereocenters. The lowest BCUT2D eigenvalue weighted by atomic mass is 10.2. The normalized spacial score (nSPS) is 18.5. The smallest absolute Gasteiger partial charge is 0.128 e. The van der Waals surface area contributed by atoms with Crippen LogP contribution < -0.4 is 12.4 Å². The summed E-state index contributed by atoms with van der Waals surface area (Å²) in [5, 5.41) is 0.234. The Morgan fingerprint density at radius 3 is 2.33 bits per heavy atom. The Balaban J connectivity index is 0.00000112. The van der Waals surface area contributed by atoms with Gasteiger partial charge < -0.3 is 12.4 Å². The van der Waals surface area contributed by atoms with Gasteiger partial charge in [-0.1, -0.05) is 30.3 Å². The molecule has 1 atom stereocenters. The first-order valence-electron chi connectivity index (χ1n) is 5.19. The van der Waals surface area contributed by atoms with Crippen LogP contribution in [-0.2, 0) is 10.9 Å². The van der Waals surface area contributed by atoms with Gasteiger partial charge in [0.05, 0.1) is 0 Å². The Labute approximate surface area is 106 Å². The molecule has 0 N–H and O–H groups in total. The van der Waals surface area contributed by atoms with Crippen LogP contribution in [0.5, 0.6) is 0 Å². The molecule has 0 amide bonds. The molecule has 0 aliphatic carbocycles. The molecule has 1 fully saturated rings. The van der Waals surface area contributed by atoms with Gasteiger partial charge in [0.25, 0.3) is 0 Å². The Morgan fingerprint density at radius 1 is 1.13 bits per heavy atom. The van der Waals surface area contributed by atoms with Crippen molar-refractivity contribution < 1.29 is 12.4 Å². The van der Waals surface area contributed by atoms with Crippen molar-refractivity contribution in [3.05, 3.63) is 35.9 Å². The van der Waals surface area contributed by atoms with E-state index in [0.29, 0.717) is 10.9 Å². The summed E-state index contributed by atoms with van der Waals surface area (Å²) in [5.74, 6) is 4.01. The standard InChI is InChI=1S/C12H16ClS.ClH/c13-12(10-14-8-4-5-9-14)11-6-2-1-3-7-11;/h1-3,6-7,12H,4-5,8-10H2;1H/q+1;/p-1. The summed E-state index contributed by atoms with van der Waals surface area (Å²) in [4.78, 5) is 0. The van der Waals surface area contributed by atoms with E-state index < -0.39 is 0 Å². The number of alkyl halides is 1. The first-order valence-corrected chi connectivity index (χ1v) is 7.36. The number of halogens is 2. The summed E-state index contributed by atoms with van der Waals surface area (Å²) in [6.07, 6.45) is 2.84. The Kier molecular flexibility index (Phi) is 5.88. The van der Waals surface area contributed by atoms with Gasteiger partial charge in [-0.05, 0) is 29.3 Å². The average Bonchev–Trinajstić information content (AvgIpc) is 2.72. The van der Waals surface area contributed by atoms with Crippen molar-refractivity contribution in [1.82, 2.24) is 0 Å². The van der Waals surface area contributed by atoms with E-state index in [9.17, 15) is 0 Å². The third-order valence-electron chi connectivity index (χ3n) is 2.66. The summed E-state index contributed by atoms with van der Waals surface area (Å²) < 4.78 is 0. The second-order valence-electron chi connectivity index (χ2n) is 3.77. The molecule has 1 saturated heterocycles. The lowest BCUT2D eigenvalue weighted by molar-refractivity contribution is -0.00000276. The van der Waals surface area contributed by atoms with Gasteiger partial charge in [-0.25, -0.2) is 0 Å². The molecule has 3 heteroatoms. The van der Waals surface area contributed by atoms with Crippen LogP contribution in [0.3, 0.4) is 0 Å². The topological polar surface area (TPSA) is 0 Å². The van der Waals surface area contributed by atoms with Crippen molar-refractivity contribution in [3.8, 4) is 0 Å². The molecule has 0 spiro atoms. The predicted molar refractivity (Wildman–Crippen MR) is 66.2 cm³/mol. The van der Waals surface area contributed by atoms with Gasteiger partial charge in [0, 0.05) is 0 Å². The van der Waals surface area contributed by atoms with Crippen molar-refractivity contribution in [2.45, 2.75) is 18.2 Å². The second-order valence-corrected chi connectivity index (χ2v) is 6.67. The summed E-state index contributed by atoms with van der Waals surface area (Å²) in [6.45, 7) is 0. The monoisotopic (exact) mass is 262 g/mol.